The van der Waals surface area contributed by atoms with Gasteiger partial charge in [-0.25, -0.2) is 0 Å². The molecule has 5 nitrogen and oxygen atoms in total. The van der Waals surface area contributed by atoms with Gasteiger partial charge in [-0.05, 0) is 48.7 Å². The lowest BCUT2D eigenvalue weighted by Gasteiger charge is -2.19. The van der Waals surface area contributed by atoms with E-state index >= 15 is 0 Å². The number of carbonyl (C=O) groups excluding carboxylic acids is 2. The molecule has 2 heterocycles. The van der Waals surface area contributed by atoms with Gasteiger partial charge in [-0.1, -0.05) is 34.1 Å². The lowest BCUT2D eigenvalue weighted by molar-refractivity contribution is -0.126. The molecule has 2 fully saturated rings. The molecule has 0 unspecified atom stereocenters. The van der Waals surface area contributed by atoms with Gasteiger partial charge < -0.3 is 15.1 Å². The van der Waals surface area contributed by atoms with Gasteiger partial charge in [0.1, 0.15) is 0 Å². The second-order valence-electron chi connectivity index (χ2n) is 7.56. The smallest absolute Gasteiger partial charge is 0.227 e. The summed E-state index contributed by atoms with van der Waals surface area (Å²) in [5.74, 6) is 0.177. The number of rotatable bonds is 5. The Morgan fingerprint density at radius 3 is 2.54 bits per heavy atom. The molecule has 2 aromatic carbocycles. The van der Waals surface area contributed by atoms with Crippen molar-refractivity contribution in [3.05, 3.63) is 59.1 Å². The molecule has 2 aliphatic rings. The summed E-state index contributed by atoms with van der Waals surface area (Å²) < 4.78 is 0.971. The van der Waals surface area contributed by atoms with E-state index < -0.39 is 0 Å². The predicted molar refractivity (Wildman–Crippen MR) is 114 cm³/mol. The molecule has 0 radical (unpaired) electrons. The van der Waals surface area contributed by atoms with E-state index in [9.17, 15) is 9.59 Å². The zero-order valence-corrected chi connectivity index (χ0v) is 17.3. The van der Waals surface area contributed by atoms with Gasteiger partial charge in [0.15, 0.2) is 0 Å². The maximum absolute atomic E-state index is 12.6. The first-order valence-electron chi connectivity index (χ1n) is 9.74. The van der Waals surface area contributed by atoms with Crippen molar-refractivity contribution in [2.75, 3.05) is 36.0 Å². The number of carbonyl (C=O) groups is 2. The molecule has 0 bridgehead atoms. The topological polar surface area (TPSA) is 52.7 Å². The van der Waals surface area contributed by atoms with Crippen LogP contribution in [0.2, 0.25) is 0 Å². The van der Waals surface area contributed by atoms with Crippen LogP contribution in [0.3, 0.4) is 0 Å². The number of hydrogen-bond acceptors (Lipinski definition) is 3. The molecular formula is C22H24BrN3O2. The summed E-state index contributed by atoms with van der Waals surface area (Å²) in [6.45, 7) is 3.10. The van der Waals surface area contributed by atoms with E-state index in [1.807, 2.05) is 30.3 Å². The number of nitrogens with one attached hydrogen (secondary N) is 1. The number of hydrogen-bond donors (Lipinski definition) is 1. The Morgan fingerprint density at radius 2 is 1.79 bits per heavy atom. The third-order valence-electron chi connectivity index (χ3n) is 5.61. The first-order valence-corrected chi connectivity index (χ1v) is 10.5. The Hall–Kier alpha value is -2.34. The average Bonchev–Trinajstić information content (AvgIpc) is 3.34. The highest BCUT2D eigenvalue weighted by Crippen LogP contribution is 2.27. The first-order chi connectivity index (χ1) is 13.6. The summed E-state index contributed by atoms with van der Waals surface area (Å²) in [6.07, 6.45) is 1.35. The Labute approximate surface area is 173 Å². The van der Waals surface area contributed by atoms with E-state index in [1.165, 1.54) is 5.69 Å². The van der Waals surface area contributed by atoms with Crippen molar-refractivity contribution in [3.63, 3.8) is 0 Å². The minimum Gasteiger partial charge on any atom is -0.371 e. The molecule has 146 valence electrons. The zero-order chi connectivity index (χ0) is 19.5. The molecule has 0 saturated carbocycles. The van der Waals surface area contributed by atoms with Crippen molar-refractivity contribution in [2.45, 2.75) is 12.8 Å². The normalized spacial score (nSPS) is 22.0. The van der Waals surface area contributed by atoms with Crippen molar-refractivity contribution < 1.29 is 9.59 Å². The van der Waals surface area contributed by atoms with Gasteiger partial charge in [0.25, 0.3) is 0 Å². The summed E-state index contributed by atoms with van der Waals surface area (Å²) in [5, 5.41) is 3.09. The van der Waals surface area contributed by atoms with Crippen LogP contribution in [-0.2, 0) is 9.59 Å². The van der Waals surface area contributed by atoms with Crippen molar-refractivity contribution in [1.82, 2.24) is 5.32 Å². The molecule has 2 atom stereocenters. The second-order valence-corrected chi connectivity index (χ2v) is 8.48. The van der Waals surface area contributed by atoms with Crippen molar-refractivity contribution in [1.29, 1.82) is 0 Å². The molecule has 4 rings (SSSR count). The predicted octanol–water partition coefficient (Wildman–Crippen LogP) is 3.44. The van der Waals surface area contributed by atoms with Crippen LogP contribution >= 0.6 is 15.9 Å². The standard InChI is InChI=1S/C22H24BrN3O2/c23-18-6-8-20(9-7-18)26-15-17(12-21(26)27)22(28)24-13-16-10-11-25(14-16)19-4-2-1-3-5-19/h1-9,16-17H,10-15H2,(H,24,28)/t16-,17+/m0/s1. The van der Waals surface area contributed by atoms with E-state index in [-0.39, 0.29) is 24.2 Å². The van der Waals surface area contributed by atoms with Gasteiger partial charge in [-0.2, -0.15) is 0 Å². The van der Waals surface area contributed by atoms with E-state index in [2.05, 4.69) is 50.4 Å². The van der Waals surface area contributed by atoms with Crippen molar-refractivity contribution >= 4 is 39.1 Å². The monoisotopic (exact) mass is 441 g/mol. The number of anilines is 2. The van der Waals surface area contributed by atoms with Crippen LogP contribution in [0.25, 0.3) is 0 Å². The highest BCUT2D eigenvalue weighted by Gasteiger charge is 2.35. The van der Waals surface area contributed by atoms with Gasteiger partial charge in [-0.15, -0.1) is 0 Å². The summed E-state index contributed by atoms with van der Waals surface area (Å²) >= 11 is 3.41. The molecule has 0 spiro atoms. The molecule has 2 aliphatic heterocycles. The van der Waals surface area contributed by atoms with Crippen LogP contribution in [0, 0.1) is 11.8 Å². The van der Waals surface area contributed by atoms with E-state index in [0.29, 0.717) is 19.0 Å². The molecule has 2 aromatic rings. The SMILES string of the molecule is O=C(NC[C@@H]1CCN(c2ccccc2)C1)[C@@H]1CC(=O)N(c2ccc(Br)cc2)C1. The van der Waals surface area contributed by atoms with Gasteiger partial charge >= 0.3 is 0 Å². The molecule has 2 amide bonds. The summed E-state index contributed by atoms with van der Waals surface area (Å²) in [5.41, 5.74) is 2.08. The number of nitrogens with zero attached hydrogens (tertiary/aromatic N) is 2. The van der Waals surface area contributed by atoms with Gasteiger partial charge in [0.2, 0.25) is 11.8 Å². The number of para-hydroxylation sites is 1. The largest absolute Gasteiger partial charge is 0.371 e. The fourth-order valence-corrected chi connectivity index (χ4v) is 4.28. The second kappa shape index (κ2) is 8.35. The van der Waals surface area contributed by atoms with Gasteiger partial charge in [0.05, 0.1) is 5.92 Å². The van der Waals surface area contributed by atoms with Gasteiger partial charge in [-0.3, -0.25) is 9.59 Å². The zero-order valence-electron chi connectivity index (χ0n) is 15.7. The highest BCUT2D eigenvalue weighted by molar-refractivity contribution is 9.10. The number of amides is 2. The highest BCUT2D eigenvalue weighted by atomic mass is 79.9. The molecule has 0 aromatic heterocycles. The van der Waals surface area contributed by atoms with Crippen LogP contribution in [0.15, 0.2) is 59.1 Å². The Bertz CT molecular complexity index is 841. The van der Waals surface area contributed by atoms with Crippen LogP contribution in [-0.4, -0.2) is 38.0 Å². The minimum atomic E-state index is -0.275. The van der Waals surface area contributed by atoms with E-state index in [1.54, 1.807) is 4.90 Å². The van der Waals surface area contributed by atoms with Crippen molar-refractivity contribution in [2.24, 2.45) is 11.8 Å². The maximum atomic E-state index is 12.6. The van der Waals surface area contributed by atoms with Crippen LogP contribution < -0.4 is 15.1 Å². The Balaban J connectivity index is 1.28. The third kappa shape index (κ3) is 4.22. The molecule has 28 heavy (non-hydrogen) atoms. The van der Waals surface area contributed by atoms with Crippen LogP contribution in [0.4, 0.5) is 11.4 Å². The van der Waals surface area contributed by atoms with Crippen molar-refractivity contribution in [3.8, 4) is 0 Å². The quantitative estimate of drug-likeness (QED) is 0.772. The first kappa shape index (κ1) is 19.0. The van der Waals surface area contributed by atoms with E-state index in [4.69, 9.17) is 0 Å². The molecule has 1 N–H and O–H groups in total. The Kier molecular flexibility index (Phi) is 5.67. The molecular weight excluding hydrogens is 418 g/mol. The molecule has 0 aliphatic carbocycles. The fourth-order valence-electron chi connectivity index (χ4n) is 4.02. The van der Waals surface area contributed by atoms with E-state index in [0.717, 1.165) is 29.7 Å². The fraction of sp³-hybridized carbons (Fsp3) is 0.364. The summed E-state index contributed by atoms with van der Waals surface area (Å²) in [6, 6.07) is 18.0. The third-order valence-corrected chi connectivity index (χ3v) is 6.13. The maximum Gasteiger partial charge on any atom is 0.227 e. The molecule has 2 saturated heterocycles. The minimum absolute atomic E-state index is 0.00822. The van der Waals surface area contributed by atoms with Crippen LogP contribution in [0.1, 0.15) is 12.8 Å². The lowest BCUT2D eigenvalue weighted by atomic mass is 10.1. The Morgan fingerprint density at radius 1 is 1.04 bits per heavy atom. The number of halogens is 1. The summed E-state index contributed by atoms with van der Waals surface area (Å²) in [4.78, 5) is 29.1. The number of benzene rings is 2. The lowest BCUT2D eigenvalue weighted by Crippen LogP contribution is -2.36. The summed E-state index contributed by atoms with van der Waals surface area (Å²) in [7, 11) is 0. The van der Waals surface area contributed by atoms with Gasteiger partial charge in [0, 0.05) is 48.4 Å². The van der Waals surface area contributed by atoms with Crippen LogP contribution in [0.5, 0.6) is 0 Å². The average molecular weight is 442 g/mol. The molecule has 6 heteroatoms.